The van der Waals surface area contributed by atoms with Crippen molar-refractivity contribution in [1.29, 1.82) is 0 Å². The van der Waals surface area contributed by atoms with Crippen molar-refractivity contribution >= 4 is 38.3 Å². The van der Waals surface area contributed by atoms with Gasteiger partial charge in [0.15, 0.2) is 5.01 Å². The van der Waals surface area contributed by atoms with Gasteiger partial charge in [-0.3, -0.25) is 4.79 Å². The van der Waals surface area contributed by atoms with Crippen LogP contribution in [0, 0.1) is 5.82 Å². The molecule has 0 saturated heterocycles. The summed E-state index contributed by atoms with van der Waals surface area (Å²) in [6.07, 6.45) is 0. The lowest BCUT2D eigenvalue weighted by Gasteiger charge is -1.98. The van der Waals surface area contributed by atoms with Gasteiger partial charge in [0.05, 0.1) is 0 Å². The number of benzene rings is 1. The number of nitrogens with one attached hydrogen (secondary N) is 1. The molecule has 4 nitrogen and oxygen atoms in total. The molecule has 1 N–H and O–H groups in total. The lowest BCUT2D eigenvalue weighted by molar-refractivity contribution is -0.114. The van der Waals surface area contributed by atoms with E-state index in [9.17, 15) is 9.18 Å². The van der Waals surface area contributed by atoms with E-state index in [4.69, 9.17) is 0 Å². The first-order chi connectivity index (χ1) is 8.06. The van der Waals surface area contributed by atoms with E-state index in [-0.39, 0.29) is 11.7 Å². The normalized spacial score (nSPS) is 10.3. The molecule has 0 fully saturated rings. The molecule has 2 rings (SSSR count). The first-order valence-electron chi connectivity index (χ1n) is 4.63. The molecule has 0 atom stereocenters. The predicted octanol–water partition coefficient (Wildman–Crippen LogP) is 3.07. The van der Waals surface area contributed by atoms with Crippen LogP contribution in [0.4, 0.5) is 9.52 Å². The summed E-state index contributed by atoms with van der Waals surface area (Å²) in [5.41, 5.74) is 0.363. The van der Waals surface area contributed by atoms with Crippen LogP contribution in [0.1, 0.15) is 6.92 Å². The van der Waals surface area contributed by atoms with Crippen LogP contribution in [0.25, 0.3) is 10.6 Å². The van der Waals surface area contributed by atoms with E-state index < -0.39 is 0 Å². The molecule has 0 radical (unpaired) electrons. The summed E-state index contributed by atoms with van der Waals surface area (Å²) in [6.45, 7) is 1.38. The third-order valence-corrected chi connectivity index (χ3v) is 3.23. The lowest BCUT2D eigenvalue weighted by atomic mass is 10.2. The number of carbonyl (C=O) groups excluding carboxylic acids is 1. The molecular formula is C10H7BrFN3OS. The highest BCUT2D eigenvalue weighted by Crippen LogP contribution is 2.29. The Morgan fingerprint density at radius 1 is 1.47 bits per heavy atom. The van der Waals surface area contributed by atoms with Gasteiger partial charge < -0.3 is 5.32 Å². The monoisotopic (exact) mass is 315 g/mol. The largest absolute Gasteiger partial charge is 0.301 e. The minimum Gasteiger partial charge on any atom is -0.301 e. The number of hydrogen-bond donors (Lipinski definition) is 1. The second kappa shape index (κ2) is 4.89. The second-order valence-electron chi connectivity index (χ2n) is 3.22. The number of halogens is 2. The molecule has 0 bridgehead atoms. The van der Waals surface area contributed by atoms with Gasteiger partial charge in [-0.05, 0) is 18.2 Å². The highest BCUT2D eigenvalue weighted by molar-refractivity contribution is 9.10. The average Bonchev–Trinajstić information content (AvgIpc) is 2.65. The molecular weight excluding hydrogens is 309 g/mol. The van der Waals surface area contributed by atoms with Crippen molar-refractivity contribution in [3.63, 3.8) is 0 Å². The number of amides is 1. The van der Waals surface area contributed by atoms with Crippen molar-refractivity contribution in [2.75, 3.05) is 5.32 Å². The highest BCUT2D eigenvalue weighted by Gasteiger charge is 2.11. The van der Waals surface area contributed by atoms with Crippen LogP contribution in [0.5, 0.6) is 0 Å². The summed E-state index contributed by atoms with van der Waals surface area (Å²) in [4.78, 5) is 10.8. The van der Waals surface area contributed by atoms with Gasteiger partial charge in [0.2, 0.25) is 11.0 Å². The molecule has 0 spiro atoms. The van der Waals surface area contributed by atoms with E-state index in [1.165, 1.54) is 13.0 Å². The van der Waals surface area contributed by atoms with Crippen LogP contribution >= 0.6 is 27.3 Å². The number of carbonyl (C=O) groups is 1. The first kappa shape index (κ1) is 12.1. The third-order valence-electron chi connectivity index (χ3n) is 1.87. The number of hydrogen-bond acceptors (Lipinski definition) is 4. The van der Waals surface area contributed by atoms with Crippen molar-refractivity contribution in [3.8, 4) is 10.6 Å². The number of rotatable bonds is 2. The van der Waals surface area contributed by atoms with Gasteiger partial charge in [-0.1, -0.05) is 27.3 Å². The smallest absolute Gasteiger partial charge is 0.223 e. The molecule has 0 aliphatic carbocycles. The van der Waals surface area contributed by atoms with Crippen molar-refractivity contribution < 1.29 is 9.18 Å². The Kier molecular flexibility index (Phi) is 3.49. The standard InChI is InChI=1S/C10H7BrFN3OS/c1-5(16)13-10-15-14-9(17-10)7-3-2-6(11)4-8(7)12/h2-4H,1H3,(H,13,15,16). The zero-order valence-electron chi connectivity index (χ0n) is 8.70. The lowest BCUT2D eigenvalue weighted by Crippen LogP contribution is -2.04. The zero-order valence-corrected chi connectivity index (χ0v) is 11.1. The summed E-state index contributed by atoms with van der Waals surface area (Å²) in [6, 6.07) is 4.68. The van der Waals surface area contributed by atoms with Crippen molar-refractivity contribution in [2.24, 2.45) is 0 Å². The van der Waals surface area contributed by atoms with Gasteiger partial charge in [-0.25, -0.2) is 4.39 Å². The van der Waals surface area contributed by atoms with Crippen LogP contribution in [0.2, 0.25) is 0 Å². The summed E-state index contributed by atoms with van der Waals surface area (Å²) in [5, 5.41) is 10.9. The van der Waals surface area contributed by atoms with Gasteiger partial charge in [0.1, 0.15) is 5.82 Å². The predicted molar refractivity (Wildman–Crippen MR) is 67.3 cm³/mol. The fourth-order valence-corrected chi connectivity index (χ4v) is 2.35. The summed E-state index contributed by atoms with van der Waals surface area (Å²) in [5.74, 6) is -0.617. The molecule has 1 aromatic heterocycles. The minimum absolute atomic E-state index is 0.232. The molecule has 7 heteroatoms. The molecule has 1 aromatic carbocycles. The maximum Gasteiger partial charge on any atom is 0.223 e. The quantitative estimate of drug-likeness (QED) is 0.926. The van der Waals surface area contributed by atoms with Crippen molar-refractivity contribution in [1.82, 2.24) is 10.2 Å². The molecule has 0 unspecified atom stereocenters. The first-order valence-corrected chi connectivity index (χ1v) is 6.24. The van der Waals surface area contributed by atoms with Gasteiger partial charge in [-0.2, -0.15) is 0 Å². The summed E-state index contributed by atoms with van der Waals surface area (Å²) >= 11 is 4.30. The van der Waals surface area contributed by atoms with E-state index in [2.05, 4.69) is 31.4 Å². The molecule has 0 aliphatic rings. The molecule has 1 amide bonds. The molecule has 17 heavy (non-hydrogen) atoms. The molecule has 0 aliphatic heterocycles. The summed E-state index contributed by atoms with van der Waals surface area (Å²) in [7, 11) is 0. The number of anilines is 1. The SMILES string of the molecule is CC(=O)Nc1nnc(-c2ccc(Br)cc2F)s1. The van der Waals surface area contributed by atoms with Crippen LogP contribution in [0.15, 0.2) is 22.7 Å². The molecule has 88 valence electrons. The van der Waals surface area contributed by atoms with Crippen LogP contribution in [-0.4, -0.2) is 16.1 Å². The van der Waals surface area contributed by atoms with Gasteiger partial charge in [0, 0.05) is 17.0 Å². The molecule has 1 heterocycles. The fourth-order valence-electron chi connectivity index (χ4n) is 1.20. The van der Waals surface area contributed by atoms with E-state index in [0.717, 1.165) is 11.3 Å². The van der Waals surface area contributed by atoms with Gasteiger partial charge in [-0.15, -0.1) is 10.2 Å². The highest BCUT2D eigenvalue weighted by atomic mass is 79.9. The maximum absolute atomic E-state index is 13.6. The van der Waals surface area contributed by atoms with Crippen LogP contribution < -0.4 is 5.32 Å². The second-order valence-corrected chi connectivity index (χ2v) is 5.11. The van der Waals surface area contributed by atoms with Crippen molar-refractivity contribution in [3.05, 3.63) is 28.5 Å². The minimum atomic E-state index is -0.384. The molecule has 0 saturated carbocycles. The third kappa shape index (κ3) is 2.86. The van der Waals surface area contributed by atoms with Crippen molar-refractivity contribution in [2.45, 2.75) is 6.92 Å². The van der Waals surface area contributed by atoms with Crippen LogP contribution in [-0.2, 0) is 4.79 Å². The zero-order chi connectivity index (χ0) is 12.4. The van der Waals surface area contributed by atoms with E-state index >= 15 is 0 Å². The van der Waals surface area contributed by atoms with Gasteiger partial charge >= 0.3 is 0 Å². The van der Waals surface area contributed by atoms with Gasteiger partial charge in [0.25, 0.3) is 0 Å². The van der Waals surface area contributed by atoms with Crippen LogP contribution in [0.3, 0.4) is 0 Å². The Morgan fingerprint density at radius 2 is 2.24 bits per heavy atom. The Hall–Kier alpha value is -1.34. The fraction of sp³-hybridized carbons (Fsp3) is 0.100. The topological polar surface area (TPSA) is 54.9 Å². The molecule has 2 aromatic rings. The Bertz CT molecular complexity index is 572. The van der Waals surface area contributed by atoms with E-state index in [1.54, 1.807) is 12.1 Å². The number of aromatic nitrogens is 2. The Labute approximate surface area is 109 Å². The van der Waals surface area contributed by atoms with E-state index in [1.807, 2.05) is 0 Å². The summed E-state index contributed by atoms with van der Waals surface area (Å²) < 4.78 is 14.3. The maximum atomic E-state index is 13.6. The average molecular weight is 316 g/mol. The van der Waals surface area contributed by atoms with E-state index in [0.29, 0.717) is 20.2 Å². The Balaban J connectivity index is 2.33. The Morgan fingerprint density at radius 3 is 2.88 bits per heavy atom. The number of nitrogens with zero attached hydrogens (tertiary/aromatic N) is 2.